The number of pyridine rings is 1. The number of H-pyrrole nitrogens is 2. The lowest BCUT2D eigenvalue weighted by atomic mass is 10.1. The Labute approximate surface area is 147 Å². The van der Waals surface area contributed by atoms with Gasteiger partial charge in [-0.1, -0.05) is 12.1 Å². The number of para-hydroxylation sites is 2. The van der Waals surface area contributed by atoms with E-state index in [0.717, 1.165) is 28.0 Å². The van der Waals surface area contributed by atoms with Gasteiger partial charge in [-0.25, -0.2) is 14.3 Å². The number of nitrogens with one attached hydrogen (secondary N) is 2. The molecule has 0 fully saturated rings. The molecule has 0 aliphatic heterocycles. The molecule has 0 bridgehead atoms. The van der Waals surface area contributed by atoms with Gasteiger partial charge in [-0.15, -0.1) is 0 Å². The summed E-state index contributed by atoms with van der Waals surface area (Å²) in [6.45, 7) is 0. The molecule has 0 spiro atoms. The third-order valence-corrected chi connectivity index (χ3v) is 4.41. The molecule has 0 saturated heterocycles. The Kier molecular flexibility index (Phi) is 3.24. The number of benzene rings is 1. The second-order valence-electron chi connectivity index (χ2n) is 6.09. The maximum atomic E-state index is 12.3. The number of imidazole rings is 2. The lowest BCUT2D eigenvalue weighted by Gasteiger charge is -2.14. The summed E-state index contributed by atoms with van der Waals surface area (Å²) in [7, 11) is 0. The van der Waals surface area contributed by atoms with Gasteiger partial charge in [0.25, 0.3) is 6.01 Å². The van der Waals surface area contributed by atoms with E-state index < -0.39 is 0 Å². The van der Waals surface area contributed by atoms with E-state index in [1.807, 2.05) is 42.5 Å². The first kappa shape index (κ1) is 14.7. The lowest BCUT2D eigenvalue weighted by Crippen LogP contribution is -2.17. The van der Waals surface area contributed by atoms with Crippen LogP contribution in [0, 0.1) is 0 Å². The van der Waals surface area contributed by atoms with Crippen molar-refractivity contribution in [1.29, 1.82) is 0 Å². The Morgan fingerprint density at radius 2 is 1.88 bits per heavy atom. The van der Waals surface area contributed by atoms with Crippen LogP contribution in [0.2, 0.25) is 0 Å². The van der Waals surface area contributed by atoms with E-state index in [1.165, 1.54) is 0 Å². The van der Waals surface area contributed by atoms with Crippen LogP contribution in [0.25, 0.3) is 27.9 Å². The fourth-order valence-corrected chi connectivity index (χ4v) is 3.19. The molecule has 0 saturated carbocycles. The molecular formula is C19H15N5O2. The number of rotatable bonds is 3. The molecule has 0 radical (unpaired) electrons. The fraction of sp³-hybridized carbons (Fsp3) is 0.105. The molecule has 26 heavy (non-hydrogen) atoms. The zero-order chi connectivity index (χ0) is 17.5. The van der Waals surface area contributed by atoms with Crippen molar-refractivity contribution in [2.75, 3.05) is 0 Å². The quantitative estimate of drug-likeness (QED) is 0.597. The number of ether oxygens (including phenoxy) is 1. The third kappa shape index (κ3) is 2.41. The van der Waals surface area contributed by atoms with Crippen LogP contribution < -0.4 is 10.4 Å². The number of nitrogens with zero attached hydrogens (tertiary/aromatic N) is 3. The van der Waals surface area contributed by atoms with Crippen molar-refractivity contribution in [3.63, 3.8) is 0 Å². The van der Waals surface area contributed by atoms with Crippen molar-refractivity contribution in [3.8, 4) is 6.01 Å². The van der Waals surface area contributed by atoms with E-state index in [4.69, 9.17) is 4.74 Å². The van der Waals surface area contributed by atoms with Gasteiger partial charge in [0.2, 0.25) is 0 Å². The summed E-state index contributed by atoms with van der Waals surface area (Å²) in [5, 5.41) is 0. The Hall–Kier alpha value is -3.61. The molecule has 7 nitrogen and oxygen atoms in total. The first-order chi connectivity index (χ1) is 12.8. The Balaban J connectivity index is 1.45. The number of hydrogen-bond donors (Lipinski definition) is 2. The zero-order valence-corrected chi connectivity index (χ0v) is 13.8. The minimum absolute atomic E-state index is 0.181. The van der Waals surface area contributed by atoms with Gasteiger partial charge < -0.3 is 14.7 Å². The van der Waals surface area contributed by atoms with Crippen LogP contribution in [0.15, 0.2) is 65.3 Å². The van der Waals surface area contributed by atoms with Crippen LogP contribution in [0.4, 0.5) is 0 Å². The maximum Gasteiger partial charge on any atom is 0.332 e. The van der Waals surface area contributed by atoms with E-state index in [1.54, 1.807) is 16.8 Å². The van der Waals surface area contributed by atoms with Crippen molar-refractivity contribution in [2.24, 2.45) is 0 Å². The van der Waals surface area contributed by atoms with Crippen LogP contribution >= 0.6 is 0 Å². The van der Waals surface area contributed by atoms with Gasteiger partial charge in [0.05, 0.1) is 16.6 Å². The normalized spacial score (nSPS) is 14.5. The maximum absolute atomic E-state index is 12.3. The molecule has 1 aliphatic rings. The van der Waals surface area contributed by atoms with Gasteiger partial charge >= 0.3 is 5.69 Å². The molecule has 0 atom stereocenters. The fourth-order valence-electron chi connectivity index (χ4n) is 3.19. The summed E-state index contributed by atoms with van der Waals surface area (Å²) >= 11 is 0. The van der Waals surface area contributed by atoms with Crippen LogP contribution in [-0.2, 0) is 0 Å². The number of hydrogen-bond acceptors (Lipinski definition) is 4. The molecule has 7 heteroatoms. The van der Waals surface area contributed by atoms with Crippen molar-refractivity contribution >= 4 is 27.9 Å². The molecule has 3 aromatic heterocycles. The molecule has 0 unspecified atom stereocenters. The summed E-state index contributed by atoms with van der Waals surface area (Å²) < 4.78 is 7.48. The van der Waals surface area contributed by atoms with Crippen molar-refractivity contribution in [1.82, 2.24) is 24.5 Å². The molecule has 4 aromatic rings. The summed E-state index contributed by atoms with van der Waals surface area (Å²) in [5.74, 6) is 0.800. The van der Waals surface area contributed by atoms with E-state index in [9.17, 15) is 4.79 Å². The molecule has 1 aliphatic carbocycles. The van der Waals surface area contributed by atoms with Gasteiger partial charge in [-0.05, 0) is 42.8 Å². The van der Waals surface area contributed by atoms with Crippen LogP contribution in [0.5, 0.6) is 6.01 Å². The Bertz CT molecular complexity index is 1210. The monoisotopic (exact) mass is 345 g/mol. The van der Waals surface area contributed by atoms with Gasteiger partial charge in [0.15, 0.2) is 5.65 Å². The van der Waals surface area contributed by atoms with Crippen molar-refractivity contribution in [3.05, 3.63) is 71.0 Å². The number of allylic oxidation sites excluding steroid dienone is 4. The summed E-state index contributed by atoms with van der Waals surface area (Å²) in [6, 6.07) is 11.9. The molecule has 1 aromatic carbocycles. The highest BCUT2D eigenvalue weighted by Crippen LogP contribution is 2.25. The van der Waals surface area contributed by atoms with Gasteiger partial charge in [-0.2, -0.15) is 4.98 Å². The second-order valence-corrected chi connectivity index (χ2v) is 6.09. The predicted molar refractivity (Wildman–Crippen MR) is 98.7 cm³/mol. The van der Waals surface area contributed by atoms with E-state index in [-0.39, 0.29) is 5.69 Å². The predicted octanol–water partition coefficient (Wildman–Crippen LogP) is 3.20. The lowest BCUT2D eigenvalue weighted by molar-refractivity contribution is 0.377. The molecule has 128 valence electrons. The average Bonchev–Trinajstić information content (AvgIpc) is 3.21. The molecule has 0 amide bonds. The Morgan fingerprint density at radius 1 is 1.00 bits per heavy atom. The van der Waals surface area contributed by atoms with Gasteiger partial charge in [0, 0.05) is 18.3 Å². The highest BCUT2D eigenvalue weighted by Gasteiger charge is 2.16. The Morgan fingerprint density at radius 3 is 2.73 bits per heavy atom. The highest BCUT2D eigenvalue weighted by atomic mass is 16.5. The van der Waals surface area contributed by atoms with E-state index in [2.05, 4.69) is 19.9 Å². The molecule has 2 N–H and O–H groups in total. The van der Waals surface area contributed by atoms with Crippen molar-refractivity contribution in [2.45, 2.75) is 12.8 Å². The van der Waals surface area contributed by atoms with Crippen LogP contribution in [-0.4, -0.2) is 24.5 Å². The topological polar surface area (TPSA) is 88.6 Å². The van der Waals surface area contributed by atoms with E-state index in [0.29, 0.717) is 24.5 Å². The van der Waals surface area contributed by atoms with E-state index >= 15 is 0 Å². The minimum Gasteiger partial charge on any atom is -0.430 e. The van der Waals surface area contributed by atoms with Crippen LogP contribution in [0.1, 0.15) is 12.8 Å². The van der Waals surface area contributed by atoms with Crippen molar-refractivity contribution < 1.29 is 4.74 Å². The largest absolute Gasteiger partial charge is 0.430 e. The smallest absolute Gasteiger partial charge is 0.332 e. The van der Waals surface area contributed by atoms with Gasteiger partial charge in [0.1, 0.15) is 5.76 Å². The number of aromatic nitrogens is 5. The second kappa shape index (κ2) is 5.73. The standard InChI is InChI=1S/C19H15N5O2/c25-19-23-16-6-3-11-20-17(16)24(19)12-7-9-13(10-8-12)26-18-21-14-4-1-2-5-15(14)22-18/h1-7,9,11H,8,10H2,(H,21,22)(H,23,25). The highest BCUT2D eigenvalue weighted by molar-refractivity contribution is 5.76. The first-order valence-corrected chi connectivity index (χ1v) is 8.36. The summed E-state index contributed by atoms with van der Waals surface area (Å²) in [4.78, 5) is 27.0. The molecule has 3 heterocycles. The van der Waals surface area contributed by atoms with Gasteiger partial charge in [-0.3, -0.25) is 0 Å². The zero-order valence-electron chi connectivity index (χ0n) is 13.8. The molecular weight excluding hydrogens is 330 g/mol. The number of aromatic amines is 2. The first-order valence-electron chi connectivity index (χ1n) is 8.36. The third-order valence-electron chi connectivity index (χ3n) is 4.41. The average molecular weight is 345 g/mol. The molecule has 5 rings (SSSR count). The number of fused-ring (bicyclic) bond motifs is 2. The SMILES string of the molecule is O=c1[nH]c2cccnc2n1C1=CC=C(Oc2nc3ccccc3[nH]2)CC1. The minimum atomic E-state index is -0.181. The van der Waals surface area contributed by atoms with Crippen LogP contribution in [0.3, 0.4) is 0 Å². The summed E-state index contributed by atoms with van der Waals surface area (Å²) in [5.41, 5.74) is 3.88. The summed E-state index contributed by atoms with van der Waals surface area (Å²) in [6.07, 6.45) is 6.80.